The summed E-state index contributed by atoms with van der Waals surface area (Å²) in [5, 5.41) is 14.8. The molecule has 0 atom stereocenters. The molecule has 1 amide bonds. The highest BCUT2D eigenvalue weighted by molar-refractivity contribution is 5.76. The third-order valence-electron chi connectivity index (χ3n) is 2.73. The standard InChI is InChI=1S/C12H24N2O2/c15-10-4-2-1-3-8-13-9-7-12(16)14-11-5-6-11/h11,13,15H,1-10H2,(H,14,16). The summed E-state index contributed by atoms with van der Waals surface area (Å²) in [5.41, 5.74) is 0. The van der Waals surface area contributed by atoms with Gasteiger partial charge >= 0.3 is 0 Å². The minimum atomic E-state index is 0.176. The van der Waals surface area contributed by atoms with E-state index in [1.165, 1.54) is 0 Å². The van der Waals surface area contributed by atoms with E-state index in [4.69, 9.17) is 5.11 Å². The molecule has 0 aromatic rings. The van der Waals surface area contributed by atoms with Gasteiger partial charge in [-0.1, -0.05) is 12.8 Å². The molecule has 0 radical (unpaired) electrons. The predicted octanol–water partition coefficient (Wildman–Crippen LogP) is 0.797. The SMILES string of the molecule is O=C(CCNCCCCCCO)NC1CC1. The Morgan fingerprint density at radius 3 is 2.56 bits per heavy atom. The fourth-order valence-electron chi connectivity index (χ4n) is 1.57. The summed E-state index contributed by atoms with van der Waals surface area (Å²) in [6.45, 7) is 2.05. The van der Waals surface area contributed by atoms with Crippen LogP contribution in [0.5, 0.6) is 0 Å². The van der Waals surface area contributed by atoms with Crippen molar-refractivity contribution >= 4 is 5.91 Å². The van der Waals surface area contributed by atoms with Gasteiger partial charge in [-0.05, 0) is 32.2 Å². The summed E-state index contributed by atoms with van der Waals surface area (Å²) in [5.74, 6) is 0.176. The third-order valence-corrected chi connectivity index (χ3v) is 2.73. The lowest BCUT2D eigenvalue weighted by Crippen LogP contribution is -2.29. The Balaban J connectivity index is 1.75. The molecule has 1 aliphatic rings. The van der Waals surface area contributed by atoms with Crippen LogP contribution in [0.3, 0.4) is 0 Å². The minimum Gasteiger partial charge on any atom is -0.396 e. The Morgan fingerprint density at radius 2 is 1.88 bits per heavy atom. The van der Waals surface area contributed by atoms with E-state index in [1.54, 1.807) is 0 Å². The zero-order valence-electron chi connectivity index (χ0n) is 10.0. The summed E-state index contributed by atoms with van der Waals surface area (Å²) in [6.07, 6.45) is 7.19. The Labute approximate surface area is 97.8 Å². The first-order valence-electron chi connectivity index (χ1n) is 6.44. The second-order valence-electron chi connectivity index (χ2n) is 4.48. The van der Waals surface area contributed by atoms with Crippen molar-refractivity contribution in [3.8, 4) is 0 Å². The number of aliphatic hydroxyl groups is 1. The number of carbonyl (C=O) groups is 1. The van der Waals surface area contributed by atoms with Crippen LogP contribution in [0.15, 0.2) is 0 Å². The van der Waals surface area contributed by atoms with E-state index in [0.717, 1.165) is 51.6 Å². The lowest BCUT2D eigenvalue weighted by Gasteiger charge is -2.05. The smallest absolute Gasteiger partial charge is 0.221 e. The first-order chi connectivity index (χ1) is 7.83. The second kappa shape index (κ2) is 8.53. The summed E-state index contributed by atoms with van der Waals surface area (Å²) in [4.78, 5) is 11.3. The highest BCUT2D eigenvalue weighted by Crippen LogP contribution is 2.18. The van der Waals surface area contributed by atoms with Crippen LogP contribution < -0.4 is 10.6 Å². The molecule has 0 aromatic carbocycles. The highest BCUT2D eigenvalue weighted by Gasteiger charge is 2.22. The number of rotatable bonds is 10. The van der Waals surface area contributed by atoms with Crippen molar-refractivity contribution in [2.24, 2.45) is 0 Å². The van der Waals surface area contributed by atoms with Crippen molar-refractivity contribution in [2.45, 2.75) is 51.0 Å². The molecule has 94 valence electrons. The van der Waals surface area contributed by atoms with E-state index in [9.17, 15) is 4.79 Å². The summed E-state index contributed by atoms with van der Waals surface area (Å²) in [6, 6.07) is 0.478. The van der Waals surface area contributed by atoms with E-state index in [1.807, 2.05) is 0 Å². The molecule has 0 aromatic heterocycles. The average molecular weight is 228 g/mol. The molecule has 0 bridgehead atoms. The van der Waals surface area contributed by atoms with Gasteiger partial charge in [0.15, 0.2) is 0 Å². The maximum Gasteiger partial charge on any atom is 0.221 e. The molecule has 0 saturated heterocycles. The minimum absolute atomic E-state index is 0.176. The van der Waals surface area contributed by atoms with Gasteiger partial charge in [0.1, 0.15) is 0 Å². The van der Waals surface area contributed by atoms with Gasteiger partial charge in [-0.15, -0.1) is 0 Å². The quantitative estimate of drug-likeness (QED) is 0.485. The van der Waals surface area contributed by atoms with Crippen molar-refractivity contribution < 1.29 is 9.90 Å². The summed E-state index contributed by atoms with van der Waals surface area (Å²) < 4.78 is 0. The van der Waals surface area contributed by atoms with Gasteiger partial charge in [0.25, 0.3) is 0 Å². The lowest BCUT2D eigenvalue weighted by atomic mass is 10.2. The Hall–Kier alpha value is -0.610. The molecule has 4 nitrogen and oxygen atoms in total. The molecule has 4 heteroatoms. The number of amides is 1. The first kappa shape index (κ1) is 13.5. The van der Waals surface area contributed by atoms with Crippen molar-refractivity contribution in [3.05, 3.63) is 0 Å². The van der Waals surface area contributed by atoms with Gasteiger partial charge in [0.05, 0.1) is 0 Å². The second-order valence-corrected chi connectivity index (χ2v) is 4.48. The number of nitrogens with one attached hydrogen (secondary N) is 2. The Morgan fingerprint density at radius 1 is 1.12 bits per heavy atom. The van der Waals surface area contributed by atoms with Crippen molar-refractivity contribution in [3.63, 3.8) is 0 Å². The fraction of sp³-hybridized carbons (Fsp3) is 0.917. The van der Waals surface area contributed by atoms with Gasteiger partial charge in [0.2, 0.25) is 5.91 Å². The molecule has 16 heavy (non-hydrogen) atoms. The molecule has 1 rings (SSSR count). The van der Waals surface area contributed by atoms with E-state index < -0.39 is 0 Å². The number of carbonyl (C=O) groups excluding carboxylic acids is 1. The molecule has 1 aliphatic carbocycles. The van der Waals surface area contributed by atoms with Crippen LogP contribution in [0.4, 0.5) is 0 Å². The summed E-state index contributed by atoms with van der Waals surface area (Å²) in [7, 11) is 0. The van der Waals surface area contributed by atoms with Crippen LogP contribution in [-0.4, -0.2) is 36.8 Å². The molecule has 0 unspecified atom stereocenters. The molecule has 1 saturated carbocycles. The van der Waals surface area contributed by atoms with Gasteiger partial charge < -0.3 is 15.7 Å². The maximum absolute atomic E-state index is 11.3. The summed E-state index contributed by atoms with van der Waals surface area (Å²) >= 11 is 0. The van der Waals surface area contributed by atoms with E-state index in [-0.39, 0.29) is 5.91 Å². The van der Waals surface area contributed by atoms with Crippen LogP contribution in [0.2, 0.25) is 0 Å². The predicted molar refractivity (Wildman–Crippen MR) is 64.2 cm³/mol. The van der Waals surface area contributed by atoms with Gasteiger partial charge in [0, 0.05) is 25.6 Å². The van der Waals surface area contributed by atoms with Crippen molar-refractivity contribution in [2.75, 3.05) is 19.7 Å². The Kier molecular flexibility index (Phi) is 7.17. The fourth-order valence-corrected chi connectivity index (χ4v) is 1.57. The molecule has 0 spiro atoms. The number of hydrogen-bond donors (Lipinski definition) is 3. The average Bonchev–Trinajstić information content (AvgIpc) is 3.06. The maximum atomic E-state index is 11.3. The van der Waals surface area contributed by atoms with Gasteiger partial charge in [-0.2, -0.15) is 0 Å². The van der Waals surface area contributed by atoms with Crippen LogP contribution >= 0.6 is 0 Å². The molecule has 1 fully saturated rings. The number of hydrogen-bond acceptors (Lipinski definition) is 3. The number of unbranched alkanes of at least 4 members (excludes halogenated alkanes) is 3. The number of aliphatic hydroxyl groups excluding tert-OH is 1. The molecule has 3 N–H and O–H groups in total. The van der Waals surface area contributed by atoms with Crippen molar-refractivity contribution in [1.29, 1.82) is 0 Å². The zero-order valence-corrected chi connectivity index (χ0v) is 10.0. The van der Waals surface area contributed by atoms with Crippen molar-refractivity contribution in [1.82, 2.24) is 10.6 Å². The normalized spacial score (nSPS) is 15.1. The monoisotopic (exact) mass is 228 g/mol. The van der Waals surface area contributed by atoms with Crippen LogP contribution in [0.25, 0.3) is 0 Å². The zero-order chi connectivity index (χ0) is 11.6. The van der Waals surface area contributed by atoms with E-state index in [0.29, 0.717) is 19.1 Å². The van der Waals surface area contributed by atoms with Gasteiger partial charge in [-0.25, -0.2) is 0 Å². The molecule has 0 aliphatic heterocycles. The highest BCUT2D eigenvalue weighted by atomic mass is 16.2. The molecular formula is C12H24N2O2. The van der Waals surface area contributed by atoms with Crippen LogP contribution in [-0.2, 0) is 4.79 Å². The topological polar surface area (TPSA) is 61.4 Å². The van der Waals surface area contributed by atoms with E-state index in [2.05, 4.69) is 10.6 Å². The Bertz CT molecular complexity index is 193. The molecule has 0 heterocycles. The lowest BCUT2D eigenvalue weighted by molar-refractivity contribution is -0.121. The van der Waals surface area contributed by atoms with Crippen LogP contribution in [0.1, 0.15) is 44.9 Å². The first-order valence-corrected chi connectivity index (χ1v) is 6.44. The van der Waals surface area contributed by atoms with E-state index >= 15 is 0 Å². The third kappa shape index (κ3) is 7.65. The molecular weight excluding hydrogens is 204 g/mol. The van der Waals surface area contributed by atoms with Crippen LogP contribution in [0, 0.1) is 0 Å². The van der Waals surface area contributed by atoms with Gasteiger partial charge in [-0.3, -0.25) is 4.79 Å². The largest absolute Gasteiger partial charge is 0.396 e.